The third-order valence-corrected chi connectivity index (χ3v) is 4.41. The Labute approximate surface area is 117 Å². The van der Waals surface area contributed by atoms with E-state index < -0.39 is 0 Å². The minimum Gasteiger partial charge on any atom is -0.497 e. The van der Waals surface area contributed by atoms with E-state index in [2.05, 4.69) is 15.9 Å². The summed E-state index contributed by atoms with van der Waals surface area (Å²) in [5, 5.41) is 0. The molecule has 18 heavy (non-hydrogen) atoms. The molecule has 1 fully saturated rings. The Kier molecular flexibility index (Phi) is 4.81. The Hall–Kier alpha value is -0.830. The molecule has 1 aliphatic rings. The Morgan fingerprint density at radius 1 is 1.39 bits per heavy atom. The lowest BCUT2D eigenvalue weighted by Crippen LogP contribution is -2.08. The van der Waals surface area contributed by atoms with E-state index in [9.17, 15) is 4.79 Å². The van der Waals surface area contributed by atoms with Gasteiger partial charge in [0.25, 0.3) is 0 Å². The van der Waals surface area contributed by atoms with Gasteiger partial charge in [0.05, 0.1) is 7.11 Å². The molecule has 1 saturated carbocycles. The molecule has 0 bridgehead atoms. The number of hydrogen-bond acceptors (Lipinski definition) is 2. The molecule has 1 aliphatic carbocycles. The van der Waals surface area contributed by atoms with Crippen LogP contribution in [0, 0.1) is 5.92 Å². The van der Waals surface area contributed by atoms with Gasteiger partial charge in [-0.25, -0.2) is 0 Å². The highest BCUT2D eigenvalue weighted by Crippen LogP contribution is 2.29. The molecule has 0 heterocycles. The summed E-state index contributed by atoms with van der Waals surface area (Å²) in [6.07, 6.45) is 6.29. The Balaban J connectivity index is 1.97. The number of Topliss-reactive ketones (excluding diaryl/α,β-unsaturated/α-hetero) is 1. The molecular weight excluding hydrogens is 292 g/mol. The van der Waals surface area contributed by atoms with Gasteiger partial charge in [-0.2, -0.15) is 0 Å². The molecule has 2 nitrogen and oxygen atoms in total. The van der Waals surface area contributed by atoms with Gasteiger partial charge >= 0.3 is 0 Å². The summed E-state index contributed by atoms with van der Waals surface area (Å²) < 4.78 is 6.18. The minimum atomic E-state index is 0.343. The maximum absolute atomic E-state index is 12.1. The average molecular weight is 311 g/mol. The Morgan fingerprint density at radius 2 is 2.11 bits per heavy atom. The summed E-state index contributed by atoms with van der Waals surface area (Å²) in [5.41, 5.74) is 1.03. The van der Waals surface area contributed by atoms with Crippen molar-refractivity contribution in [2.24, 2.45) is 5.92 Å². The van der Waals surface area contributed by atoms with Gasteiger partial charge in [-0.1, -0.05) is 41.6 Å². The van der Waals surface area contributed by atoms with Crippen LogP contribution < -0.4 is 4.74 Å². The number of ketones is 1. The number of ether oxygens (including phenoxy) is 1. The maximum atomic E-state index is 12.1. The van der Waals surface area contributed by atoms with Gasteiger partial charge in [0.1, 0.15) is 11.5 Å². The lowest BCUT2D eigenvalue weighted by atomic mass is 9.97. The summed E-state index contributed by atoms with van der Waals surface area (Å²) in [6.45, 7) is 0. The van der Waals surface area contributed by atoms with Crippen molar-refractivity contribution in [3.05, 3.63) is 28.2 Å². The first-order chi connectivity index (χ1) is 8.69. The number of carbonyl (C=O) groups excluding carboxylic acids is 1. The molecular formula is C15H19BrO2. The van der Waals surface area contributed by atoms with E-state index in [4.69, 9.17) is 4.74 Å². The van der Waals surface area contributed by atoms with E-state index >= 15 is 0 Å². The van der Waals surface area contributed by atoms with Gasteiger partial charge in [0.2, 0.25) is 0 Å². The first-order valence-corrected chi connectivity index (χ1v) is 7.32. The average Bonchev–Trinajstić information content (AvgIpc) is 2.84. The van der Waals surface area contributed by atoms with E-state index in [-0.39, 0.29) is 0 Å². The van der Waals surface area contributed by atoms with Gasteiger partial charge in [0.15, 0.2) is 0 Å². The fraction of sp³-hybridized carbons (Fsp3) is 0.533. The maximum Gasteiger partial charge on any atom is 0.137 e. The molecule has 0 aromatic heterocycles. The van der Waals surface area contributed by atoms with Crippen molar-refractivity contribution < 1.29 is 9.53 Å². The lowest BCUT2D eigenvalue weighted by molar-refractivity contribution is -0.119. The van der Waals surface area contributed by atoms with E-state index in [1.807, 2.05) is 18.2 Å². The molecule has 1 aromatic carbocycles. The van der Waals surface area contributed by atoms with Crippen molar-refractivity contribution in [3.8, 4) is 5.75 Å². The Bertz CT molecular complexity index is 423. The van der Waals surface area contributed by atoms with Crippen molar-refractivity contribution in [1.29, 1.82) is 0 Å². The highest BCUT2D eigenvalue weighted by Gasteiger charge is 2.19. The monoisotopic (exact) mass is 310 g/mol. The topological polar surface area (TPSA) is 26.3 Å². The molecule has 0 spiro atoms. The molecule has 1 aromatic rings. The molecule has 98 valence electrons. The zero-order valence-electron chi connectivity index (χ0n) is 10.7. The second kappa shape index (κ2) is 6.37. The van der Waals surface area contributed by atoms with Crippen LogP contribution in [-0.4, -0.2) is 12.9 Å². The summed E-state index contributed by atoms with van der Waals surface area (Å²) in [5.74, 6) is 1.78. The van der Waals surface area contributed by atoms with Crippen LogP contribution in [0.2, 0.25) is 0 Å². The Morgan fingerprint density at radius 3 is 2.78 bits per heavy atom. The third-order valence-electron chi connectivity index (χ3n) is 3.63. The highest BCUT2D eigenvalue weighted by molar-refractivity contribution is 9.10. The highest BCUT2D eigenvalue weighted by atomic mass is 79.9. The first kappa shape index (κ1) is 13.6. The van der Waals surface area contributed by atoms with Gasteiger partial charge in [-0.15, -0.1) is 0 Å². The van der Waals surface area contributed by atoms with Gasteiger partial charge in [0, 0.05) is 17.3 Å². The van der Waals surface area contributed by atoms with Crippen LogP contribution in [-0.2, 0) is 11.2 Å². The van der Waals surface area contributed by atoms with Crippen LogP contribution in [0.3, 0.4) is 0 Å². The fourth-order valence-corrected chi connectivity index (χ4v) is 3.02. The van der Waals surface area contributed by atoms with Crippen molar-refractivity contribution in [2.75, 3.05) is 7.11 Å². The summed E-state index contributed by atoms with van der Waals surface area (Å²) in [6, 6.07) is 5.78. The molecule has 0 unspecified atom stereocenters. The smallest absolute Gasteiger partial charge is 0.137 e. The van der Waals surface area contributed by atoms with Crippen LogP contribution >= 0.6 is 15.9 Å². The third kappa shape index (κ3) is 3.58. The van der Waals surface area contributed by atoms with Crippen LogP contribution in [0.25, 0.3) is 0 Å². The van der Waals surface area contributed by atoms with Gasteiger partial charge in [-0.05, 0) is 29.7 Å². The molecule has 0 aliphatic heterocycles. The van der Waals surface area contributed by atoms with E-state index in [1.54, 1.807) is 7.11 Å². The molecule has 0 saturated heterocycles. The number of methoxy groups -OCH3 is 1. The van der Waals surface area contributed by atoms with Gasteiger partial charge in [-0.3, -0.25) is 4.79 Å². The number of rotatable bonds is 5. The molecule has 0 amide bonds. The van der Waals surface area contributed by atoms with Crippen molar-refractivity contribution in [2.45, 2.75) is 38.5 Å². The van der Waals surface area contributed by atoms with Crippen molar-refractivity contribution >= 4 is 21.7 Å². The van der Waals surface area contributed by atoms with Crippen LogP contribution in [0.4, 0.5) is 0 Å². The number of hydrogen-bond donors (Lipinski definition) is 0. The largest absolute Gasteiger partial charge is 0.497 e. The molecule has 3 heteroatoms. The van der Waals surface area contributed by atoms with Crippen LogP contribution in [0.1, 0.15) is 37.7 Å². The van der Waals surface area contributed by atoms with Crippen LogP contribution in [0.5, 0.6) is 5.75 Å². The standard InChI is InChI=1S/C15H19BrO2/c1-18-14-6-7-15(16)12(10-14)9-13(17)8-11-4-2-3-5-11/h6-7,10-11H,2-5,8-9H2,1H3. The summed E-state index contributed by atoms with van der Waals surface area (Å²) in [7, 11) is 1.65. The fourth-order valence-electron chi connectivity index (χ4n) is 2.63. The zero-order valence-corrected chi connectivity index (χ0v) is 12.3. The molecule has 0 N–H and O–H groups in total. The second-order valence-corrected chi connectivity index (χ2v) is 5.88. The lowest BCUT2D eigenvalue weighted by Gasteiger charge is -2.10. The minimum absolute atomic E-state index is 0.343. The molecule has 0 radical (unpaired) electrons. The first-order valence-electron chi connectivity index (χ1n) is 6.53. The quantitative estimate of drug-likeness (QED) is 0.816. The summed E-state index contributed by atoms with van der Waals surface area (Å²) in [4.78, 5) is 12.1. The van der Waals surface area contributed by atoms with Crippen LogP contribution in [0.15, 0.2) is 22.7 Å². The molecule has 0 atom stereocenters. The molecule has 2 rings (SSSR count). The predicted molar refractivity (Wildman–Crippen MR) is 76.0 cm³/mol. The zero-order chi connectivity index (χ0) is 13.0. The normalized spacial score (nSPS) is 15.9. The van der Waals surface area contributed by atoms with E-state index in [1.165, 1.54) is 25.7 Å². The number of benzene rings is 1. The SMILES string of the molecule is COc1ccc(Br)c(CC(=O)CC2CCCC2)c1. The summed E-state index contributed by atoms with van der Waals surface area (Å²) >= 11 is 3.49. The number of carbonyl (C=O) groups is 1. The van der Waals surface area contributed by atoms with E-state index in [0.29, 0.717) is 18.1 Å². The van der Waals surface area contributed by atoms with Crippen molar-refractivity contribution in [1.82, 2.24) is 0 Å². The predicted octanol–water partition coefficient (Wildman–Crippen LogP) is 4.15. The van der Waals surface area contributed by atoms with Crippen molar-refractivity contribution in [3.63, 3.8) is 0 Å². The van der Waals surface area contributed by atoms with Gasteiger partial charge < -0.3 is 4.74 Å². The second-order valence-electron chi connectivity index (χ2n) is 5.03. The number of halogens is 1. The van der Waals surface area contributed by atoms with E-state index in [0.717, 1.165) is 22.2 Å².